The van der Waals surface area contributed by atoms with Gasteiger partial charge < -0.3 is 9.47 Å². The van der Waals surface area contributed by atoms with E-state index in [9.17, 15) is 4.79 Å². The van der Waals surface area contributed by atoms with Gasteiger partial charge in [-0.1, -0.05) is 34.5 Å². The lowest BCUT2D eigenvalue weighted by Crippen LogP contribution is -2.11. The quantitative estimate of drug-likeness (QED) is 0.655. The van der Waals surface area contributed by atoms with Crippen molar-refractivity contribution in [1.29, 1.82) is 0 Å². The highest BCUT2D eigenvalue weighted by Gasteiger charge is 2.14. The lowest BCUT2D eigenvalue weighted by atomic mass is 10.2. The second-order valence-electron chi connectivity index (χ2n) is 5.07. The minimum atomic E-state index is -0.349. The van der Waals surface area contributed by atoms with Crippen LogP contribution in [0.1, 0.15) is 10.4 Å². The molecule has 2 aromatic carbocycles. The summed E-state index contributed by atoms with van der Waals surface area (Å²) in [6, 6.07) is 10.1. The van der Waals surface area contributed by atoms with Gasteiger partial charge in [0, 0.05) is 11.1 Å². The molecule has 0 saturated carbocycles. The molecule has 1 aromatic heterocycles. The molecular weight excluding hydrogens is 397 g/mol. The monoisotopic (exact) mass is 409 g/mol. The molecule has 1 amide bonds. The Morgan fingerprint density at radius 3 is 2.46 bits per heavy atom. The number of ether oxygens (including phenoxy) is 2. The second kappa shape index (κ2) is 7.90. The average molecular weight is 410 g/mol. The molecule has 0 aliphatic rings. The van der Waals surface area contributed by atoms with Gasteiger partial charge in [0.05, 0.1) is 24.3 Å². The van der Waals surface area contributed by atoms with Crippen LogP contribution in [-0.4, -0.2) is 30.3 Å². The Morgan fingerprint density at radius 2 is 1.77 bits per heavy atom. The maximum atomic E-state index is 12.3. The standard InChI is InChI=1S/C17H13Cl2N3O3S/c1-24-13-6-4-10(8-14(13)25-2)16-21-22-17(26-16)20-15(23)9-3-5-11(18)12(19)7-9/h3-8H,1-2H3,(H,20,22,23). The summed E-state index contributed by atoms with van der Waals surface area (Å²) < 4.78 is 10.5. The third kappa shape index (κ3) is 3.90. The summed E-state index contributed by atoms with van der Waals surface area (Å²) in [4.78, 5) is 12.3. The summed E-state index contributed by atoms with van der Waals surface area (Å²) in [5, 5.41) is 12.5. The van der Waals surface area contributed by atoms with Crippen LogP contribution in [-0.2, 0) is 0 Å². The molecule has 134 valence electrons. The number of anilines is 1. The zero-order chi connectivity index (χ0) is 18.7. The smallest absolute Gasteiger partial charge is 0.257 e. The first-order chi connectivity index (χ1) is 12.5. The number of benzene rings is 2. The predicted molar refractivity (Wildman–Crippen MR) is 103 cm³/mol. The van der Waals surface area contributed by atoms with E-state index in [1.807, 2.05) is 6.07 Å². The van der Waals surface area contributed by atoms with Crippen molar-refractivity contribution in [3.63, 3.8) is 0 Å². The number of hydrogen-bond acceptors (Lipinski definition) is 6. The van der Waals surface area contributed by atoms with Gasteiger partial charge in [0.25, 0.3) is 5.91 Å². The van der Waals surface area contributed by atoms with Gasteiger partial charge in [-0.15, -0.1) is 10.2 Å². The third-order valence-electron chi connectivity index (χ3n) is 3.46. The van der Waals surface area contributed by atoms with Crippen LogP contribution in [0.5, 0.6) is 11.5 Å². The van der Waals surface area contributed by atoms with Crippen LogP contribution in [0.3, 0.4) is 0 Å². The van der Waals surface area contributed by atoms with Gasteiger partial charge >= 0.3 is 0 Å². The molecule has 0 spiro atoms. The lowest BCUT2D eigenvalue weighted by molar-refractivity contribution is 0.102. The zero-order valence-electron chi connectivity index (χ0n) is 13.7. The Labute approximate surface area is 163 Å². The predicted octanol–water partition coefficient (Wildman–Crippen LogP) is 4.78. The van der Waals surface area contributed by atoms with Crippen LogP contribution < -0.4 is 14.8 Å². The van der Waals surface area contributed by atoms with E-state index in [4.69, 9.17) is 32.7 Å². The number of hydrogen-bond donors (Lipinski definition) is 1. The van der Waals surface area contributed by atoms with Gasteiger partial charge in [-0.3, -0.25) is 10.1 Å². The third-order valence-corrected chi connectivity index (χ3v) is 5.08. The fourth-order valence-corrected chi connectivity index (χ4v) is 3.20. The van der Waals surface area contributed by atoms with Crippen molar-refractivity contribution in [2.45, 2.75) is 0 Å². The Morgan fingerprint density at radius 1 is 1.00 bits per heavy atom. The Kier molecular flexibility index (Phi) is 5.61. The number of carbonyl (C=O) groups is 1. The van der Waals surface area contributed by atoms with Crippen molar-refractivity contribution < 1.29 is 14.3 Å². The SMILES string of the molecule is COc1ccc(-c2nnc(NC(=O)c3ccc(Cl)c(Cl)c3)s2)cc1OC. The highest BCUT2D eigenvalue weighted by molar-refractivity contribution is 7.18. The zero-order valence-corrected chi connectivity index (χ0v) is 16.1. The molecule has 0 bridgehead atoms. The maximum absolute atomic E-state index is 12.3. The van der Waals surface area contributed by atoms with Gasteiger partial charge in [-0.2, -0.15) is 0 Å². The van der Waals surface area contributed by atoms with Crippen LogP contribution in [0.4, 0.5) is 5.13 Å². The minimum absolute atomic E-state index is 0.308. The van der Waals surface area contributed by atoms with Crippen molar-refractivity contribution in [3.8, 4) is 22.1 Å². The first kappa shape index (κ1) is 18.4. The molecule has 6 nitrogen and oxygen atoms in total. The number of methoxy groups -OCH3 is 2. The second-order valence-corrected chi connectivity index (χ2v) is 6.86. The van der Waals surface area contributed by atoms with Gasteiger partial charge in [-0.25, -0.2) is 0 Å². The van der Waals surface area contributed by atoms with Crippen molar-refractivity contribution >= 4 is 45.6 Å². The molecule has 0 saturated heterocycles. The van der Waals surface area contributed by atoms with Crippen LogP contribution in [0.25, 0.3) is 10.6 Å². The Hall–Kier alpha value is -2.35. The normalized spacial score (nSPS) is 10.5. The molecule has 1 N–H and O–H groups in total. The fraction of sp³-hybridized carbons (Fsp3) is 0.118. The van der Waals surface area contributed by atoms with E-state index >= 15 is 0 Å². The number of rotatable bonds is 5. The minimum Gasteiger partial charge on any atom is -0.493 e. The van der Waals surface area contributed by atoms with Crippen molar-refractivity contribution in [1.82, 2.24) is 10.2 Å². The van der Waals surface area contributed by atoms with Crippen molar-refractivity contribution in [2.24, 2.45) is 0 Å². The molecule has 9 heteroatoms. The highest BCUT2D eigenvalue weighted by atomic mass is 35.5. The van der Waals surface area contributed by atoms with E-state index in [2.05, 4.69) is 15.5 Å². The first-order valence-electron chi connectivity index (χ1n) is 7.34. The summed E-state index contributed by atoms with van der Waals surface area (Å²) in [7, 11) is 3.13. The number of halogens is 2. The molecule has 3 rings (SSSR count). The van der Waals surface area contributed by atoms with E-state index in [1.165, 1.54) is 17.4 Å². The molecule has 26 heavy (non-hydrogen) atoms. The molecule has 0 aliphatic carbocycles. The van der Waals surface area contributed by atoms with Crippen molar-refractivity contribution in [2.75, 3.05) is 19.5 Å². The molecule has 0 atom stereocenters. The Balaban J connectivity index is 1.79. The lowest BCUT2D eigenvalue weighted by Gasteiger charge is -2.07. The summed E-state index contributed by atoms with van der Waals surface area (Å²) in [6.45, 7) is 0. The summed E-state index contributed by atoms with van der Waals surface area (Å²) >= 11 is 13.0. The van der Waals surface area contributed by atoms with Gasteiger partial charge in [0.15, 0.2) is 11.5 Å². The number of nitrogens with one attached hydrogen (secondary N) is 1. The molecule has 0 fully saturated rings. The van der Waals surface area contributed by atoms with Crippen LogP contribution in [0.2, 0.25) is 10.0 Å². The van der Waals surface area contributed by atoms with E-state index in [0.29, 0.717) is 37.2 Å². The summed E-state index contributed by atoms with van der Waals surface area (Å²) in [5.74, 6) is 0.856. The Bertz CT molecular complexity index is 962. The molecule has 3 aromatic rings. The van der Waals surface area contributed by atoms with Crippen LogP contribution in [0, 0.1) is 0 Å². The first-order valence-corrected chi connectivity index (χ1v) is 8.91. The molecule has 1 heterocycles. The molecular formula is C17H13Cl2N3O3S. The molecule has 0 radical (unpaired) electrons. The van der Waals surface area contributed by atoms with Gasteiger partial charge in [0.2, 0.25) is 5.13 Å². The highest BCUT2D eigenvalue weighted by Crippen LogP contribution is 2.34. The van der Waals surface area contributed by atoms with E-state index in [-0.39, 0.29) is 5.91 Å². The average Bonchev–Trinajstić information content (AvgIpc) is 3.11. The molecule has 0 unspecified atom stereocenters. The van der Waals surface area contributed by atoms with Gasteiger partial charge in [0.1, 0.15) is 5.01 Å². The van der Waals surface area contributed by atoms with E-state index in [1.54, 1.807) is 38.5 Å². The summed E-state index contributed by atoms with van der Waals surface area (Å²) in [5.41, 5.74) is 1.18. The topological polar surface area (TPSA) is 73.3 Å². The molecule has 0 aliphatic heterocycles. The maximum Gasteiger partial charge on any atom is 0.257 e. The van der Waals surface area contributed by atoms with E-state index < -0.39 is 0 Å². The largest absolute Gasteiger partial charge is 0.493 e. The number of aromatic nitrogens is 2. The van der Waals surface area contributed by atoms with Crippen LogP contribution in [0.15, 0.2) is 36.4 Å². The van der Waals surface area contributed by atoms with E-state index in [0.717, 1.165) is 5.56 Å². The number of nitrogens with zero attached hydrogens (tertiary/aromatic N) is 2. The number of amides is 1. The van der Waals surface area contributed by atoms with Gasteiger partial charge in [-0.05, 0) is 36.4 Å². The van der Waals surface area contributed by atoms with Crippen LogP contribution >= 0.6 is 34.5 Å². The fourth-order valence-electron chi connectivity index (χ4n) is 2.17. The van der Waals surface area contributed by atoms with Crippen molar-refractivity contribution in [3.05, 3.63) is 52.0 Å². The summed E-state index contributed by atoms with van der Waals surface area (Å²) in [6.07, 6.45) is 0. The number of carbonyl (C=O) groups excluding carboxylic acids is 1.